The largest absolute Gasteiger partial charge is 0.481 e. The van der Waals surface area contributed by atoms with Gasteiger partial charge in [0, 0.05) is 24.2 Å². The van der Waals surface area contributed by atoms with E-state index in [4.69, 9.17) is 5.11 Å². The summed E-state index contributed by atoms with van der Waals surface area (Å²) >= 11 is 3.23. The van der Waals surface area contributed by atoms with Crippen LogP contribution in [0.25, 0.3) is 0 Å². The van der Waals surface area contributed by atoms with Gasteiger partial charge in [-0.1, -0.05) is 11.8 Å². The molecule has 0 aromatic carbocycles. The van der Waals surface area contributed by atoms with E-state index in [0.717, 1.165) is 17.3 Å². The van der Waals surface area contributed by atoms with E-state index in [9.17, 15) is 4.79 Å². The number of carbonyl (C=O) groups is 1. The second-order valence-electron chi connectivity index (χ2n) is 3.32. The predicted octanol–water partition coefficient (Wildman–Crippen LogP) is 1.74. The molecule has 1 N–H and O–H groups in total. The van der Waals surface area contributed by atoms with Crippen LogP contribution in [-0.4, -0.2) is 37.9 Å². The lowest BCUT2D eigenvalue weighted by atomic mass is 10.3. The van der Waals surface area contributed by atoms with Gasteiger partial charge >= 0.3 is 5.97 Å². The van der Waals surface area contributed by atoms with Crippen LogP contribution in [0, 0.1) is 0 Å². The van der Waals surface area contributed by atoms with Crippen LogP contribution in [0.3, 0.4) is 0 Å². The lowest BCUT2D eigenvalue weighted by molar-refractivity contribution is -0.133. The van der Waals surface area contributed by atoms with E-state index >= 15 is 0 Å². The van der Waals surface area contributed by atoms with Gasteiger partial charge in [0.25, 0.3) is 0 Å². The lowest BCUT2D eigenvalue weighted by Gasteiger charge is -2.12. The zero-order valence-corrected chi connectivity index (χ0v) is 9.76. The molecule has 1 fully saturated rings. The van der Waals surface area contributed by atoms with Crippen LogP contribution < -0.4 is 0 Å². The van der Waals surface area contributed by atoms with Crippen molar-refractivity contribution in [2.24, 2.45) is 0 Å². The minimum atomic E-state index is -0.796. The maximum atomic E-state index is 10.5. The molecule has 4 nitrogen and oxygen atoms in total. The first-order valence-electron chi connectivity index (χ1n) is 4.72. The van der Waals surface area contributed by atoms with E-state index in [2.05, 4.69) is 9.55 Å². The van der Waals surface area contributed by atoms with Gasteiger partial charge in [-0.2, -0.15) is 11.8 Å². The zero-order valence-electron chi connectivity index (χ0n) is 8.13. The van der Waals surface area contributed by atoms with Gasteiger partial charge in [-0.25, -0.2) is 4.98 Å². The van der Waals surface area contributed by atoms with Crippen molar-refractivity contribution in [3.63, 3.8) is 0 Å². The molecule has 0 radical (unpaired) electrons. The Labute approximate surface area is 96.5 Å². The van der Waals surface area contributed by atoms with E-state index in [1.165, 1.54) is 17.5 Å². The summed E-state index contributed by atoms with van der Waals surface area (Å²) in [6.45, 7) is 0. The van der Waals surface area contributed by atoms with Crippen molar-refractivity contribution in [3.8, 4) is 0 Å². The Morgan fingerprint density at radius 3 is 3.33 bits per heavy atom. The lowest BCUT2D eigenvalue weighted by Crippen LogP contribution is -2.09. The molecule has 1 unspecified atom stereocenters. The molecule has 2 heterocycles. The molecule has 1 aromatic rings. The number of rotatable bonds is 4. The standard InChI is InChI=1S/C9H12N2O2S2/c12-8(13)6-15-9-10-2-3-11(9)7-1-4-14-5-7/h2-3,7H,1,4-6H2,(H,12,13). The number of aliphatic carboxylic acids is 1. The molecule has 1 atom stereocenters. The Bertz CT molecular complexity index is 348. The second-order valence-corrected chi connectivity index (χ2v) is 5.41. The fourth-order valence-electron chi connectivity index (χ4n) is 1.56. The molecule has 0 amide bonds. The molecule has 1 aliphatic rings. The van der Waals surface area contributed by atoms with Crippen molar-refractivity contribution in [3.05, 3.63) is 12.4 Å². The van der Waals surface area contributed by atoms with E-state index in [1.54, 1.807) is 6.20 Å². The number of nitrogens with zero attached hydrogens (tertiary/aromatic N) is 2. The molecule has 82 valence electrons. The highest BCUT2D eigenvalue weighted by molar-refractivity contribution is 8.00. The van der Waals surface area contributed by atoms with E-state index < -0.39 is 5.97 Å². The molecule has 1 saturated heterocycles. The molecule has 6 heteroatoms. The molecule has 1 aliphatic heterocycles. The third-order valence-corrected chi connectivity index (χ3v) is 4.37. The summed E-state index contributed by atoms with van der Waals surface area (Å²) in [5.41, 5.74) is 0. The topological polar surface area (TPSA) is 55.1 Å². The van der Waals surface area contributed by atoms with Crippen LogP contribution >= 0.6 is 23.5 Å². The minimum absolute atomic E-state index is 0.0802. The summed E-state index contributed by atoms with van der Waals surface area (Å²) in [6, 6.07) is 0.494. The predicted molar refractivity (Wildman–Crippen MR) is 61.6 cm³/mol. The number of carboxylic acids is 1. The molecule has 2 rings (SSSR count). The number of aromatic nitrogens is 2. The Kier molecular flexibility index (Phi) is 3.58. The molecule has 0 aliphatic carbocycles. The summed E-state index contributed by atoms with van der Waals surface area (Å²) in [7, 11) is 0. The Morgan fingerprint density at radius 1 is 1.80 bits per heavy atom. The van der Waals surface area contributed by atoms with Crippen molar-refractivity contribution in [2.75, 3.05) is 17.3 Å². The normalized spacial score (nSPS) is 20.7. The fraction of sp³-hybridized carbons (Fsp3) is 0.556. The fourth-order valence-corrected chi connectivity index (χ4v) is 3.51. The average molecular weight is 244 g/mol. The van der Waals surface area contributed by atoms with Crippen LogP contribution in [0.4, 0.5) is 0 Å². The van der Waals surface area contributed by atoms with Gasteiger partial charge in [-0.15, -0.1) is 0 Å². The third-order valence-electron chi connectivity index (χ3n) is 2.26. The molecular formula is C9H12N2O2S2. The first-order chi connectivity index (χ1) is 7.27. The summed E-state index contributed by atoms with van der Waals surface area (Å²) < 4.78 is 2.10. The molecule has 15 heavy (non-hydrogen) atoms. The monoisotopic (exact) mass is 244 g/mol. The highest BCUT2D eigenvalue weighted by Crippen LogP contribution is 2.31. The Balaban J connectivity index is 2.04. The molecule has 0 spiro atoms. The van der Waals surface area contributed by atoms with Gasteiger partial charge in [0.15, 0.2) is 5.16 Å². The Hall–Kier alpha value is -0.620. The zero-order chi connectivity index (χ0) is 10.7. The maximum absolute atomic E-state index is 10.5. The number of thioether (sulfide) groups is 2. The van der Waals surface area contributed by atoms with Crippen molar-refractivity contribution in [2.45, 2.75) is 17.6 Å². The van der Waals surface area contributed by atoms with Crippen LogP contribution in [0.5, 0.6) is 0 Å². The summed E-state index contributed by atoms with van der Waals surface area (Å²) in [4.78, 5) is 14.7. The number of hydrogen-bond acceptors (Lipinski definition) is 4. The highest BCUT2D eigenvalue weighted by atomic mass is 32.2. The van der Waals surface area contributed by atoms with E-state index in [1.807, 2.05) is 18.0 Å². The van der Waals surface area contributed by atoms with Crippen LogP contribution in [0.15, 0.2) is 17.6 Å². The van der Waals surface area contributed by atoms with Gasteiger partial charge < -0.3 is 9.67 Å². The quantitative estimate of drug-likeness (QED) is 0.818. The van der Waals surface area contributed by atoms with Gasteiger partial charge in [0.1, 0.15) is 0 Å². The van der Waals surface area contributed by atoms with Crippen molar-refractivity contribution >= 4 is 29.5 Å². The van der Waals surface area contributed by atoms with Crippen molar-refractivity contribution < 1.29 is 9.90 Å². The maximum Gasteiger partial charge on any atom is 0.313 e. The van der Waals surface area contributed by atoms with Gasteiger partial charge in [-0.3, -0.25) is 4.79 Å². The van der Waals surface area contributed by atoms with Crippen molar-refractivity contribution in [1.82, 2.24) is 9.55 Å². The van der Waals surface area contributed by atoms with E-state index in [-0.39, 0.29) is 5.75 Å². The minimum Gasteiger partial charge on any atom is -0.481 e. The number of imidazole rings is 1. The van der Waals surface area contributed by atoms with Gasteiger partial charge in [0.05, 0.1) is 5.75 Å². The van der Waals surface area contributed by atoms with Gasteiger partial charge in [0.2, 0.25) is 0 Å². The number of hydrogen-bond donors (Lipinski definition) is 1. The van der Waals surface area contributed by atoms with Crippen molar-refractivity contribution in [1.29, 1.82) is 0 Å². The Morgan fingerprint density at radius 2 is 2.67 bits per heavy atom. The summed E-state index contributed by atoms with van der Waals surface area (Å²) in [5.74, 6) is 1.58. The SMILES string of the molecule is O=C(O)CSc1nccn1C1CCSC1. The summed E-state index contributed by atoms with van der Waals surface area (Å²) in [6.07, 6.45) is 4.84. The molecule has 1 aromatic heterocycles. The summed E-state index contributed by atoms with van der Waals surface area (Å²) in [5, 5.41) is 9.43. The van der Waals surface area contributed by atoms with Crippen LogP contribution in [0.1, 0.15) is 12.5 Å². The molecule has 0 bridgehead atoms. The first-order valence-corrected chi connectivity index (χ1v) is 6.86. The van der Waals surface area contributed by atoms with E-state index in [0.29, 0.717) is 6.04 Å². The number of carboxylic acid groups (broad SMARTS) is 1. The molecular weight excluding hydrogens is 232 g/mol. The van der Waals surface area contributed by atoms with Crippen LogP contribution in [-0.2, 0) is 4.79 Å². The first kappa shape index (κ1) is 10.9. The average Bonchev–Trinajstić information content (AvgIpc) is 2.85. The smallest absolute Gasteiger partial charge is 0.313 e. The molecule has 0 saturated carbocycles. The highest BCUT2D eigenvalue weighted by Gasteiger charge is 2.19. The third kappa shape index (κ3) is 2.69. The van der Waals surface area contributed by atoms with Crippen LogP contribution in [0.2, 0.25) is 0 Å². The van der Waals surface area contributed by atoms with Gasteiger partial charge in [-0.05, 0) is 12.2 Å². The second kappa shape index (κ2) is 4.94.